The van der Waals surface area contributed by atoms with Crippen molar-refractivity contribution >= 4 is 29.2 Å². The topological polar surface area (TPSA) is 75.6 Å². The number of halogens is 1. The lowest BCUT2D eigenvalue weighted by molar-refractivity contribution is -0.140. The number of amides is 1. The third-order valence-electron chi connectivity index (χ3n) is 3.58. The number of carboxylic acids is 1. The summed E-state index contributed by atoms with van der Waals surface area (Å²) in [5, 5.41) is 12.2. The van der Waals surface area contributed by atoms with Gasteiger partial charge in [0.25, 0.3) is 0 Å². The van der Waals surface area contributed by atoms with Crippen molar-refractivity contribution in [2.45, 2.75) is 12.8 Å². The van der Waals surface area contributed by atoms with Gasteiger partial charge in [-0.2, -0.15) is 0 Å². The second-order valence-electron chi connectivity index (χ2n) is 5.28. The van der Waals surface area contributed by atoms with Crippen LogP contribution in [0, 0.1) is 5.92 Å². The highest BCUT2D eigenvalue weighted by atomic mass is 35.5. The van der Waals surface area contributed by atoms with Gasteiger partial charge in [-0.05, 0) is 30.2 Å². The third kappa shape index (κ3) is 4.73. The summed E-state index contributed by atoms with van der Waals surface area (Å²) in [6.07, 6.45) is -0.0269. The maximum absolute atomic E-state index is 12.5. The van der Waals surface area contributed by atoms with Gasteiger partial charge in [0, 0.05) is 0 Å². The predicted molar refractivity (Wildman–Crippen MR) is 92.5 cm³/mol. The maximum atomic E-state index is 12.5. The largest absolute Gasteiger partial charge is 0.496 e. The second kappa shape index (κ2) is 8.36. The molecule has 0 aliphatic carbocycles. The first-order valence-corrected chi connectivity index (χ1v) is 7.78. The fourth-order valence-electron chi connectivity index (χ4n) is 2.40. The molecule has 5 nitrogen and oxygen atoms in total. The highest BCUT2D eigenvalue weighted by Gasteiger charge is 2.24. The van der Waals surface area contributed by atoms with Crippen molar-refractivity contribution < 1.29 is 19.4 Å². The van der Waals surface area contributed by atoms with Crippen LogP contribution in [0.4, 0.5) is 5.69 Å². The van der Waals surface area contributed by atoms with Crippen LogP contribution >= 0.6 is 11.6 Å². The molecule has 0 aromatic heterocycles. The van der Waals surface area contributed by atoms with Crippen LogP contribution in [0.15, 0.2) is 48.5 Å². The molecule has 0 radical (unpaired) electrons. The van der Waals surface area contributed by atoms with E-state index in [9.17, 15) is 9.59 Å². The number of carbonyl (C=O) groups is 2. The van der Waals surface area contributed by atoms with E-state index in [2.05, 4.69) is 5.32 Å². The van der Waals surface area contributed by atoms with Crippen LogP contribution in [0.25, 0.3) is 0 Å². The van der Waals surface area contributed by atoms with Gasteiger partial charge in [-0.1, -0.05) is 41.9 Å². The van der Waals surface area contributed by atoms with Crippen LogP contribution < -0.4 is 10.1 Å². The number of hydrogen-bond acceptors (Lipinski definition) is 3. The van der Waals surface area contributed by atoms with E-state index in [1.54, 1.807) is 30.3 Å². The number of hydrogen-bond donors (Lipinski definition) is 2. The Hall–Kier alpha value is -2.53. The number of carboxylic acid groups (broad SMARTS) is 1. The fraction of sp³-hybridized carbons (Fsp3) is 0.222. The predicted octanol–water partition coefficient (Wildman–Crippen LogP) is 3.62. The number of methoxy groups -OCH3 is 1. The van der Waals surface area contributed by atoms with Gasteiger partial charge < -0.3 is 15.2 Å². The molecule has 2 N–H and O–H groups in total. The van der Waals surface area contributed by atoms with Crippen molar-refractivity contribution in [2.75, 3.05) is 12.4 Å². The molecule has 1 unspecified atom stereocenters. The van der Waals surface area contributed by atoms with E-state index in [0.29, 0.717) is 16.5 Å². The summed E-state index contributed by atoms with van der Waals surface area (Å²) in [7, 11) is 1.54. The molecule has 0 saturated heterocycles. The van der Waals surface area contributed by atoms with E-state index < -0.39 is 17.8 Å². The van der Waals surface area contributed by atoms with Gasteiger partial charge in [-0.15, -0.1) is 0 Å². The normalized spacial score (nSPS) is 11.6. The molecule has 1 atom stereocenters. The van der Waals surface area contributed by atoms with Crippen LogP contribution in [-0.2, 0) is 16.0 Å². The Kier molecular flexibility index (Phi) is 6.21. The lowest BCUT2D eigenvalue weighted by atomic mass is 9.94. The molecule has 0 aliphatic rings. The number of rotatable bonds is 7. The molecule has 2 aromatic carbocycles. The molecule has 24 heavy (non-hydrogen) atoms. The zero-order valence-corrected chi connectivity index (χ0v) is 13.9. The fourth-order valence-corrected chi connectivity index (χ4v) is 2.59. The van der Waals surface area contributed by atoms with Gasteiger partial charge in [0.2, 0.25) is 5.91 Å². The van der Waals surface area contributed by atoms with Crippen LogP contribution in [0.1, 0.15) is 12.0 Å². The number of carbonyl (C=O) groups excluding carboxylic acids is 1. The van der Waals surface area contributed by atoms with Crippen molar-refractivity contribution in [3.8, 4) is 5.75 Å². The summed E-state index contributed by atoms with van der Waals surface area (Å²) in [5.74, 6) is -1.55. The number of para-hydroxylation sites is 2. The smallest absolute Gasteiger partial charge is 0.304 e. The first-order chi connectivity index (χ1) is 11.5. The van der Waals surface area contributed by atoms with Crippen LogP contribution in [0.2, 0.25) is 5.02 Å². The standard InChI is InChI=1S/C18H18ClNO4/c1-24-16-9-5-2-6-12(16)10-13(11-17(21)22)18(23)20-15-8-4-3-7-14(15)19/h2-9,13H,10-11H2,1H3,(H,20,23)(H,21,22). The number of aliphatic carboxylic acids is 1. The van der Waals surface area contributed by atoms with E-state index in [1.165, 1.54) is 7.11 Å². The molecular formula is C18H18ClNO4. The molecule has 0 heterocycles. The van der Waals surface area contributed by atoms with E-state index >= 15 is 0 Å². The minimum atomic E-state index is -1.04. The SMILES string of the molecule is COc1ccccc1CC(CC(=O)O)C(=O)Nc1ccccc1Cl. The zero-order valence-electron chi connectivity index (χ0n) is 13.2. The van der Waals surface area contributed by atoms with Gasteiger partial charge in [0.15, 0.2) is 0 Å². The summed E-state index contributed by atoms with van der Waals surface area (Å²) in [5.41, 5.74) is 1.24. The Morgan fingerprint density at radius 1 is 1.17 bits per heavy atom. The third-order valence-corrected chi connectivity index (χ3v) is 3.91. The average Bonchev–Trinajstić information content (AvgIpc) is 2.56. The number of anilines is 1. The highest BCUT2D eigenvalue weighted by molar-refractivity contribution is 6.33. The Labute approximate surface area is 145 Å². The first-order valence-electron chi connectivity index (χ1n) is 7.40. The molecule has 0 spiro atoms. The Morgan fingerprint density at radius 2 is 1.83 bits per heavy atom. The molecule has 0 fully saturated rings. The number of nitrogens with one attached hydrogen (secondary N) is 1. The molecule has 2 rings (SSSR count). The van der Waals surface area contributed by atoms with Gasteiger partial charge in [-0.3, -0.25) is 9.59 Å². The van der Waals surface area contributed by atoms with Gasteiger partial charge in [0.05, 0.1) is 30.2 Å². The van der Waals surface area contributed by atoms with Crippen LogP contribution in [-0.4, -0.2) is 24.1 Å². The summed E-state index contributed by atoms with van der Waals surface area (Å²) >= 11 is 6.04. The second-order valence-corrected chi connectivity index (χ2v) is 5.69. The lowest BCUT2D eigenvalue weighted by Gasteiger charge is -2.17. The van der Waals surface area contributed by atoms with Crippen molar-refractivity contribution in [1.29, 1.82) is 0 Å². The Morgan fingerprint density at radius 3 is 2.50 bits per heavy atom. The highest BCUT2D eigenvalue weighted by Crippen LogP contribution is 2.25. The van der Waals surface area contributed by atoms with E-state index in [0.717, 1.165) is 5.56 Å². The Bertz CT molecular complexity index is 732. The molecule has 6 heteroatoms. The lowest BCUT2D eigenvalue weighted by Crippen LogP contribution is -2.27. The molecule has 0 bridgehead atoms. The first kappa shape index (κ1) is 17.8. The van der Waals surface area contributed by atoms with Crippen molar-refractivity contribution in [2.24, 2.45) is 5.92 Å². The van der Waals surface area contributed by atoms with Crippen molar-refractivity contribution in [3.63, 3.8) is 0 Å². The molecule has 2 aromatic rings. The monoisotopic (exact) mass is 347 g/mol. The number of benzene rings is 2. The molecular weight excluding hydrogens is 330 g/mol. The van der Waals surface area contributed by atoms with Crippen molar-refractivity contribution in [1.82, 2.24) is 0 Å². The zero-order chi connectivity index (χ0) is 17.5. The minimum Gasteiger partial charge on any atom is -0.496 e. The molecule has 0 aliphatic heterocycles. The molecule has 126 valence electrons. The number of ether oxygens (including phenoxy) is 1. The van der Waals surface area contributed by atoms with E-state index in [1.807, 2.05) is 18.2 Å². The van der Waals surface area contributed by atoms with E-state index in [-0.39, 0.29) is 12.8 Å². The Balaban J connectivity index is 2.20. The summed E-state index contributed by atoms with van der Waals surface area (Å²) in [6.45, 7) is 0. The average molecular weight is 348 g/mol. The summed E-state index contributed by atoms with van der Waals surface area (Å²) in [6, 6.07) is 14.1. The van der Waals surface area contributed by atoms with E-state index in [4.69, 9.17) is 21.4 Å². The van der Waals surface area contributed by atoms with Crippen molar-refractivity contribution in [3.05, 3.63) is 59.1 Å². The van der Waals surface area contributed by atoms with Gasteiger partial charge in [0.1, 0.15) is 5.75 Å². The molecule has 0 saturated carbocycles. The minimum absolute atomic E-state index is 0.257. The maximum Gasteiger partial charge on any atom is 0.304 e. The van der Waals surface area contributed by atoms with Gasteiger partial charge in [-0.25, -0.2) is 0 Å². The van der Waals surface area contributed by atoms with Crippen LogP contribution in [0.5, 0.6) is 5.75 Å². The molecule has 1 amide bonds. The quantitative estimate of drug-likeness (QED) is 0.802. The summed E-state index contributed by atoms with van der Waals surface area (Å²) < 4.78 is 5.27. The van der Waals surface area contributed by atoms with Crippen LogP contribution in [0.3, 0.4) is 0 Å². The summed E-state index contributed by atoms with van der Waals surface area (Å²) in [4.78, 5) is 23.7. The van der Waals surface area contributed by atoms with Gasteiger partial charge >= 0.3 is 5.97 Å².